The highest BCUT2D eigenvalue weighted by molar-refractivity contribution is 6.30. The molecule has 1 heterocycles. The van der Waals surface area contributed by atoms with Crippen LogP contribution in [0.1, 0.15) is 16.9 Å². The summed E-state index contributed by atoms with van der Waals surface area (Å²) in [6, 6.07) is 1.54. The largest absolute Gasteiger partial charge is 0.469 e. The van der Waals surface area contributed by atoms with Crippen LogP contribution in [0.15, 0.2) is 12.3 Å². The zero-order valence-electron chi connectivity index (χ0n) is 10.9. The van der Waals surface area contributed by atoms with Gasteiger partial charge in [-0.2, -0.15) is 0 Å². The van der Waals surface area contributed by atoms with Gasteiger partial charge < -0.3 is 19.4 Å². The number of ether oxygens (including phenoxy) is 2. The Balaban J connectivity index is 2.66. The van der Waals surface area contributed by atoms with Crippen molar-refractivity contribution in [1.82, 2.24) is 9.88 Å². The van der Waals surface area contributed by atoms with Crippen LogP contribution in [0.4, 0.5) is 0 Å². The van der Waals surface area contributed by atoms with Gasteiger partial charge in [0.15, 0.2) is 0 Å². The summed E-state index contributed by atoms with van der Waals surface area (Å²) in [7, 11) is 2.86. The van der Waals surface area contributed by atoms with Crippen LogP contribution in [0, 0.1) is 0 Å². The molecule has 0 aliphatic carbocycles. The standard InChI is InChI=1S/C12H17ClN2O4/c1-18-6-5-15(4-3-11(16)19-2)12(17)10-7-9(13)8-14-10/h7-8,14H,3-6H2,1-2H3. The molecule has 0 atom stereocenters. The molecule has 0 saturated carbocycles. The minimum atomic E-state index is -0.361. The second-order valence-corrected chi connectivity index (χ2v) is 4.28. The van der Waals surface area contributed by atoms with Gasteiger partial charge in [0.1, 0.15) is 5.69 Å². The highest BCUT2D eigenvalue weighted by Gasteiger charge is 2.18. The van der Waals surface area contributed by atoms with E-state index < -0.39 is 0 Å². The first-order valence-corrected chi connectivity index (χ1v) is 6.15. The molecule has 1 aromatic rings. The summed E-state index contributed by atoms with van der Waals surface area (Å²) in [5.41, 5.74) is 0.381. The number of nitrogens with zero attached hydrogens (tertiary/aromatic N) is 1. The Morgan fingerprint density at radius 2 is 2.11 bits per heavy atom. The molecule has 7 heteroatoms. The Labute approximate surface area is 116 Å². The molecule has 0 aliphatic heterocycles. The number of H-pyrrole nitrogens is 1. The van der Waals surface area contributed by atoms with E-state index in [1.807, 2.05) is 0 Å². The van der Waals surface area contributed by atoms with Gasteiger partial charge in [-0.1, -0.05) is 11.6 Å². The Morgan fingerprint density at radius 1 is 1.37 bits per heavy atom. The number of methoxy groups -OCH3 is 2. The molecule has 0 radical (unpaired) electrons. The maximum Gasteiger partial charge on any atom is 0.307 e. The third kappa shape index (κ3) is 4.92. The fourth-order valence-corrected chi connectivity index (χ4v) is 1.67. The van der Waals surface area contributed by atoms with Crippen molar-refractivity contribution in [2.24, 2.45) is 0 Å². The number of carbonyl (C=O) groups is 2. The molecule has 106 valence electrons. The molecule has 0 saturated heterocycles. The van der Waals surface area contributed by atoms with Gasteiger partial charge in [0, 0.05) is 26.4 Å². The Bertz CT molecular complexity index is 433. The number of rotatable bonds is 7. The first-order valence-electron chi connectivity index (χ1n) is 5.77. The van der Waals surface area contributed by atoms with Crippen LogP contribution in [-0.4, -0.2) is 55.7 Å². The second kappa shape index (κ2) is 7.81. The fourth-order valence-electron chi connectivity index (χ4n) is 1.51. The Morgan fingerprint density at radius 3 is 2.63 bits per heavy atom. The van der Waals surface area contributed by atoms with E-state index in [4.69, 9.17) is 16.3 Å². The molecule has 1 N–H and O–H groups in total. The number of halogens is 1. The van der Waals surface area contributed by atoms with E-state index in [2.05, 4.69) is 9.72 Å². The van der Waals surface area contributed by atoms with Gasteiger partial charge >= 0.3 is 5.97 Å². The van der Waals surface area contributed by atoms with E-state index >= 15 is 0 Å². The number of nitrogens with one attached hydrogen (secondary N) is 1. The summed E-state index contributed by atoms with van der Waals surface area (Å²) in [5, 5.41) is 0.461. The molecular formula is C12H17ClN2O4. The number of aromatic nitrogens is 1. The molecule has 1 aromatic heterocycles. The summed E-state index contributed by atoms with van der Waals surface area (Å²) < 4.78 is 9.51. The summed E-state index contributed by atoms with van der Waals surface area (Å²) in [6.45, 7) is 1.05. The number of aromatic amines is 1. The zero-order valence-corrected chi connectivity index (χ0v) is 11.7. The third-order valence-corrected chi connectivity index (χ3v) is 2.76. The summed E-state index contributed by atoms with van der Waals surface area (Å²) >= 11 is 5.76. The van der Waals surface area contributed by atoms with E-state index in [0.717, 1.165) is 0 Å². The average Bonchev–Trinajstić information content (AvgIpc) is 2.84. The Kier molecular flexibility index (Phi) is 6.38. The van der Waals surface area contributed by atoms with Crippen molar-refractivity contribution in [2.75, 3.05) is 33.9 Å². The molecule has 0 aliphatic rings. The first-order chi connectivity index (χ1) is 9.08. The molecule has 1 rings (SSSR count). The quantitative estimate of drug-likeness (QED) is 0.768. The molecule has 0 bridgehead atoms. The van der Waals surface area contributed by atoms with Crippen LogP contribution in [-0.2, 0) is 14.3 Å². The molecule has 0 aromatic carbocycles. The normalized spacial score (nSPS) is 10.3. The van der Waals surface area contributed by atoms with Crippen molar-refractivity contribution < 1.29 is 19.1 Å². The summed E-state index contributed by atoms with van der Waals surface area (Å²) in [6.07, 6.45) is 1.67. The van der Waals surface area contributed by atoms with Crippen LogP contribution >= 0.6 is 11.6 Å². The van der Waals surface area contributed by atoms with Crippen molar-refractivity contribution in [3.05, 3.63) is 23.0 Å². The molecule has 0 fully saturated rings. The predicted octanol–water partition coefficient (Wildman–Crippen LogP) is 1.32. The molecule has 0 unspecified atom stereocenters. The maximum absolute atomic E-state index is 12.2. The van der Waals surface area contributed by atoms with E-state index in [9.17, 15) is 9.59 Å². The van der Waals surface area contributed by atoms with Crippen molar-refractivity contribution in [2.45, 2.75) is 6.42 Å². The van der Waals surface area contributed by atoms with E-state index in [1.165, 1.54) is 18.2 Å². The number of esters is 1. The number of carbonyl (C=O) groups excluding carboxylic acids is 2. The monoisotopic (exact) mass is 288 g/mol. The average molecular weight is 289 g/mol. The van der Waals surface area contributed by atoms with Crippen molar-refractivity contribution in [1.29, 1.82) is 0 Å². The van der Waals surface area contributed by atoms with Crippen molar-refractivity contribution >= 4 is 23.5 Å². The lowest BCUT2D eigenvalue weighted by atomic mass is 10.3. The maximum atomic E-state index is 12.2. The van der Waals surface area contributed by atoms with Gasteiger partial charge in [-0.05, 0) is 6.07 Å². The van der Waals surface area contributed by atoms with E-state index in [1.54, 1.807) is 13.2 Å². The van der Waals surface area contributed by atoms with Gasteiger partial charge in [0.2, 0.25) is 0 Å². The lowest BCUT2D eigenvalue weighted by Crippen LogP contribution is -2.36. The smallest absolute Gasteiger partial charge is 0.307 e. The fraction of sp³-hybridized carbons (Fsp3) is 0.500. The minimum absolute atomic E-state index is 0.139. The van der Waals surface area contributed by atoms with Gasteiger partial charge in [-0.15, -0.1) is 0 Å². The van der Waals surface area contributed by atoms with Crippen LogP contribution in [0.2, 0.25) is 5.02 Å². The van der Waals surface area contributed by atoms with Gasteiger partial charge in [0.05, 0.1) is 25.2 Å². The van der Waals surface area contributed by atoms with Crippen molar-refractivity contribution in [3.8, 4) is 0 Å². The van der Waals surface area contributed by atoms with Gasteiger partial charge in [-0.3, -0.25) is 9.59 Å². The number of hydrogen-bond donors (Lipinski definition) is 1. The molecular weight excluding hydrogens is 272 g/mol. The van der Waals surface area contributed by atoms with Crippen LogP contribution in [0.25, 0.3) is 0 Å². The Hall–Kier alpha value is -1.53. The van der Waals surface area contributed by atoms with Crippen LogP contribution < -0.4 is 0 Å². The second-order valence-electron chi connectivity index (χ2n) is 3.84. The molecule has 0 spiro atoms. The number of amides is 1. The molecule has 6 nitrogen and oxygen atoms in total. The lowest BCUT2D eigenvalue weighted by molar-refractivity contribution is -0.140. The van der Waals surface area contributed by atoms with Gasteiger partial charge in [0.25, 0.3) is 5.91 Å². The first kappa shape index (κ1) is 15.5. The third-order valence-electron chi connectivity index (χ3n) is 2.54. The lowest BCUT2D eigenvalue weighted by Gasteiger charge is -2.21. The topological polar surface area (TPSA) is 71.6 Å². The highest BCUT2D eigenvalue weighted by Crippen LogP contribution is 2.12. The van der Waals surface area contributed by atoms with Crippen LogP contribution in [0.3, 0.4) is 0 Å². The van der Waals surface area contributed by atoms with Crippen LogP contribution in [0.5, 0.6) is 0 Å². The number of hydrogen-bond acceptors (Lipinski definition) is 4. The zero-order chi connectivity index (χ0) is 14.3. The minimum Gasteiger partial charge on any atom is -0.469 e. The van der Waals surface area contributed by atoms with E-state index in [-0.39, 0.29) is 24.8 Å². The summed E-state index contributed by atoms with van der Waals surface area (Å²) in [4.78, 5) is 27.6. The molecule has 19 heavy (non-hydrogen) atoms. The van der Waals surface area contributed by atoms with E-state index in [0.29, 0.717) is 23.9 Å². The SMILES string of the molecule is COCCN(CCC(=O)OC)C(=O)c1cc(Cl)c[nH]1. The molecule has 1 amide bonds. The van der Waals surface area contributed by atoms with Gasteiger partial charge in [-0.25, -0.2) is 0 Å². The predicted molar refractivity (Wildman–Crippen MR) is 70.2 cm³/mol. The van der Waals surface area contributed by atoms with Crippen molar-refractivity contribution in [3.63, 3.8) is 0 Å². The summed E-state index contributed by atoms with van der Waals surface area (Å²) in [5.74, 6) is -0.590. The highest BCUT2D eigenvalue weighted by atomic mass is 35.5.